The Labute approximate surface area is 209 Å². The number of rotatable bonds is 3. The Bertz CT molecular complexity index is 1510. The molecule has 0 bridgehead atoms. The van der Waals surface area contributed by atoms with Gasteiger partial charge >= 0.3 is 0 Å². The van der Waals surface area contributed by atoms with Crippen molar-refractivity contribution in [3.63, 3.8) is 0 Å². The van der Waals surface area contributed by atoms with Crippen LogP contribution in [0.4, 0.5) is 0 Å². The molecule has 1 aromatic heterocycles. The van der Waals surface area contributed by atoms with Crippen molar-refractivity contribution in [2.75, 3.05) is 0 Å². The summed E-state index contributed by atoms with van der Waals surface area (Å²) in [5.41, 5.74) is 2.33. The number of halogens is 4. The second-order valence-corrected chi connectivity index (χ2v) is 9.50. The van der Waals surface area contributed by atoms with Gasteiger partial charge in [-0.15, -0.1) is 0 Å². The minimum atomic E-state index is -0.737. The summed E-state index contributed by atoms with van der Waals surface area (Å²) in [7, 11) is 0. The number of aryl methyl sites for hydroxylation is 1. The number of fused-ring (bicyclic) bond motifs is 2. The van der Waals surface area contributed by atoms with Crippen LogP contribution in [0.1, 0.15) is 38.9 Å². The molecule has 0 saturated carbocycles. The molecule has 0 spiro atoms. The van der Waals surface area contributed by atoms with Gasteiger partial charge in [0.2, 0.25) is 5.76 Å². The summed E-state index contributed by atoms with van der Waals surface area (Å²) in [6.45, 7) is 1.97. The van der Waals surface area contributed by atoms with Crippen molar-refractivity contribution in [2.24, 2.45) is 0 Å². The second-order valence-electron chi connectivity index (χ2n) is 7.87. The van der Waals surface area contributed by atoms with Crippen molar-refractivity contribution >= 4 is 63.3 Å². The molecule has 33 heavy (non-hydrogen) atoms. The number of hydrogen-bond acceptors (Lipinski definition) is 3. The SMILES string of the molecule is Cc1cc2oc3c(c(=O)c2cc1Cl)C(c1ccc(Cl)c(Cl)c1)N(Cc1ccccc1Cl)C3=O. The van der Waals surface area contributed by atoms with Crippen LogP contribution < -0.4 is 5.43 Å². The predicted octanol–water partition coefficient (Wildman–Crippen LogP) is 7.46. The lowest BCUT2D eigenvalue weighted by molar-refractivity contribution is 0.0714. The normalized spacial score (nSPS) is 15.4. The summed E-state index contributed by atoms with van der Waals surface area (Å²) in [5.74, 6) is -0.412. The standard InChI is InChI=1S/C25H15Cl4NO3/c1-12-8-20-15(10-18(12)28)23(31)21-22(13-6-7-17(27)19(29)9-13)30(25(32)24(21)33-20)11-14-4-2-3-5-16(14)26/h2-10,22H,11H2,1H3. The monoisotopic (exact) mass is 517 g/mol. The van der Waals surface area contributed by atoms with Crippen LogP contribution in [0.3, 0.4) is 0 Å². The van der Waals surface area contributed by atoms with Gasteiger partial charge in [0, 0.05) is 16.6 Å². The van der Waals surface area contributed by atoms with Crippen molar-refractivity contribution in [3.05, 3.63) is 113 Å². The molecular weight excluding hydrogens is 504 g/mol. The van der Waals surface area contributed by atoms with Gasteiger partial charge in [0.1, 0.15) is 5.58 Å². The largest absolute Gasteiger partial charge is 0.450 e. The van der Waals surface area contributed by atoms with Crippen LogP contribution in [-0.4, -0.2) is 10.8 Å². The topological polar surface area (TPSA) is 50.5 Å². The van der Waals surface area contributed by atoms with E-state index in [1.54, 1.807) is 48.2 Å². The molecular formula is C25H15Cl4NO3. The first-order valence-corrected chi connectivity index (χ1v) is 11.5. The molecule has 4 aromatic rings. The molecule has 8 heteroatoms. The van der Waals surface area contributed by atoms with E-state index in [1.807, 2.05) is 18.2 Å². The second kappa shape index (κ2) is 8.37. The summed E-state index contributed by atoms with van der Waals surface area (Å²) in [5, 5.41) is 1.95. The number of nitrogens with zero attached hydrogens (tertiary/aromatic N) is 1. The number of amides is 1. The average Bonchev–Trinajstić information content (AvgIpc) is 3.05. The van der Waals surface area contributed by atoms with Crippen LogP contribution in [0.25, 0.3) is 11.0 Å². The number of carbonyl (C=O) groups excluding carboxylic acids is 1. The molecule has 0 radical (unpaired) electrons. The first kappa shape index (κ1) is 22.3. The van der Waals surface area contributed by atoms with Gasteiger partial charge in [0.05, 0.1) is 27.0 Å². The smallest absolute Gasteiger partial charge is 0.291 e. The highest BCUT2D eigenvalue weighted by Crippen LogP contribution is 2.41. The van der Waals surface area contributed by atoms with Gasteiger partial charge in [-0.05, 0) is 53.9 Å². The van der Waals surface area contributed by atoms with Crippen molar-refractivity contribution in [2.45, 2.75) is 19.5 Å². The highest BCUT2D eigenvalue weighted by Gasteiger charge is 2.43. The van der Waals surface area contributed by atoms with E-state index >= 15 is 0 Å². The molecule has 0 N–H and O–H groups in total. The molecule has 1 atom stereocenters. The van der Waals surface area contributed by atoms with Crippen LogP contribution >= 0.6 is 46.4 Å². The fourth-order valence-corrected chi connectivity index (χ4v) is 4.81. The predicted molar refractivity (Wildman–Crippen MR) is 132 cm³/mol. The van der Waals surface area contributed by atoms with Gasteiger partial charge in [-0.2, -0.15) is 0 Å². The van der Waals surface area contributed by atoms with Gasteiger partial charge in [-0.25, -0.2) is 0 Å². The van der Waals surface area contributed by atoms with Crippen molar-refractivity contribution in [3.8, 4) is 0 Å². The van der Waals surface area contributed by atoms with Gasteiger partial charge < -0.3 is 9.32 Å². The summed E-state index contributed by atoms with van der Waals surface area (Å²) >= 11 is 25.1. The third kappa shape index (κ3) is 3.71. The minimum Gasteiger partial charge on any atom is -0.450 e. The third-order valence-corrected chi connectivity index (χ3v) is 7.32. The first-order chi connectivity index (χ1) is 15.8. The Hall–Kier alpha value is -2.50. The average molecular weight is 519 g/mol. The number of hydrogen-bond donors (Lipinski definition) is 0. The zero-order valence-corrected chi connectivity index (χ0v) is 20.2. The minimum absolute atomic E-state index is 0.00246. The van der Waals surface area contributed by atoms with E-state index in [2.05, 4.69) is 0 Å². The van der Waals surface area contributed by atoms with Gasteiger partial charge in [-0.1, -0.05) is 70.7 Å². The molecule has 1 unspecified atom stereocenters. The van der Waals surface area contributed by atoms with Crippen molar-refractivity contribution in [1.29, 1.82) is 0 Å². The Kier molecular flexibility index (Phi) is 5.66. The number of carbonyl (C=O) groups is 1. The number of benzene rings is 3. The van der Waals surface area contributed by atoms with Crippen LogP contribution in [0.2, 0.25) is 20.1 Å². The molecule has 1 aliphatic rings. The molecule has 5 rings (SSSR count). The molecule has 0 saturated heterocycles. The zero-order chi connectivity index (χ0) is 23.4. The lowest BCUT2D eigenvalue weighted by atomic mass is 9.98. The van der Waals surface area contributed by atoms with Crippen LogP contribution in [-0.2, 0) is 6.54 Å². The summed E-state index contributed by atoms with van der Waals surface area (Å²) in [6, 6.07) is 14.8. The van der Waals surface area contributed by atoms with Crippen LogP contribution in [0, 0.1) is 6.92 Å². The Morgan fingerprint density at radius 1 is 0.879 bits per heavy atom. The van der Waals surface area contributed by atoms with E-state index in [0.29, 0.717) is 36.6 Å². The Morgan fingerprint density at radius 3 is 2.36 bits per heavy atom. The Morgan fingerprint density at radius 2 is 1.64 bits per heavy atom. The fourth-order valence-electron chi connectivity index (χ4n) is 4.14. The molecule has 166 valence electrons. The fraction of sp³-hybridized carbons (Fsp3) is 0.120. The maximum Gasteiger partial charge on any atom is 0.291 e. The molecule has 0 fully saturated rings. The summed E-state index contributed by atoms with van der Waals surface area (Å²) in [6.07, 6.45) is 0. The first-order valence-electron chi connectivity index (χ1n) is 10.0. The van der Waals surface area contributed by atoms with Crippen molar-refractivity contribution in [1.82, 2.24) is 4.90 Å². The maximum absolute atomic E-state index is 13.6. The van der Waals surface area contributed by atoms with E-state index in [1.165, 1.54) is 0 Å². The van der Waals surface area contributed by atoms with E-state index < -0.39 is 11.9 Å². The third-order valence-electron chi connectivity index (χ3n) is 5.80. The highest BCUT2D eigenvalue weighted by molar-refractivity contribution is 6.42. The molecule has 2 heterocycles. The molecule has 1 aliphatic heterocycles. The summed E-state index contributed by atoms with van der Waals surface area (Å²) in [4.78, 5) is 28.8. The van der Waals surface area contributed by atoms with Crippen molar-refractivity contribution < 1.29 is 9.21 Å². The lowest BCUT2D eigenvalue weighted by Gasteiger charge is -2.26. The van der Waals surface area contributed by atoms with E-state index in [-0.39, 0.29) is 23.3 Å². The quantitative estimate of drug-likeness (QED) is 0.283. The zero-order valence-electron chi connectivity index (χ0n) is 17.2. The van der Waals surface area contributed by atoms with E-state index in [0.717, 1.165) is 11.1 Å². The van der Waals surface area contributed by atoms with Gasteiger partial charge in [0.25, 0.3) is 5.91 Å². The maximum atomic E-state index is 13.6. The highest BCUT2D eigenvalue weighted by atomic mass is 35.5. The lowest BCUT2D eigenvalue weighted by Crippen LogP contribution is -2.29. The molecule has 4 nitrogen and oxygen atoms in total. The van der Waals surface area contributed by atoms with Gasteiger partial charge in [-0.3, -0.25) is 9.59 Å². The van der Waals surface area contributed by atoms with Gasteiger partial charge in [0.15, 0.2) is 5.43 Å². The van der Waals surface area contributed by atoms with Crippen LogP contribution in [0.5, 0.6) is 0 Å². The summed E-state index contributed by atoms with van der Waals surface area (Å²) < 4.78 is 6.00. The molecule has 3 aromatic carbocycles. The molecule has 0 aliphatic carbocycles. The Balaban J connectivity index is 1.77. The van der Waals surface area contributed by atoms with Crippen LogP contribution in [0.15, 0.2) is 63.8 Å². The van der Waals surface area contributed by atoms with E-state index in [9.17, 15) is 9.59 Å². The van der Waals surface area contributed by atoms with E-state index in [4.69, 9.17) is 50.8 Å². The molecule has 1 amide bonds.